The van der Waals surface area contributed by atoms with Gasteiger partial charge in [0.25, 0.3) is 0 Å². The molecule has 4 nitrogen and oxygen atoms in total. The summed E-state index contributed by atoms with van der Waals surface area (Å²) in [5, 5.41) is 0. The van der Waals surface area contributed by atoms with E-state index >= 15 is 0 Å². The van der Waals surface area contributed by atoms with Crippen LogP contribution in [0.2, 0.25) is 0 Å². The van der Waals surface area contributed by atoms with Crippen LogP contribution in [0.4, 0.5) is 4.79 Å². The van der Waals surface area contributed by atoms with Crippen molar-refractivity contribution in [1.29, 1.82) is 0 Å². The van der Waals surface area contributed by atoms with Crippen molar-refractivity contribution < 1.29 is 14.3 Å². The lowest BCUT2D eigenvalue weighted by molar-refractivity contribution is 0.0129. The number of benzene rings is 1. The highest BCUT2D eigenvalue weighted by Crippen LogP contribution is 2.28. The summed E-state index contributed by atoms with van der Waals surface area (Å²) >= 11 is 0. The van der Waals surface area contributed by atoms with Crippen LogP contribution in [0.3, 0.4) is 0 Å². The normalized spacial score (nSPS) is 21.7. The Morgan fingerprint density at radius 1 is 1.26 bits per heavy atom. The average Bonchev–Trinajstić information content (AvgIpc) is 2.89. The van der Waals surface area contributed by atoms with Gasteiger partial charge in [0.1, 0.15) is 5.60 Å². The Morgan fingerprint density at radius 2 is 1.91 bits per heavy atom. The maximum absolute atomic E-state index is 12.4. The van der Waals surface area contributed by atoms with Crippen molar-refractivity contribution in [3.8, 4) is 0 Å². The Bertz CT molecular complexity index is 507. The number of carbonyl (C=O) groups excluding carboxylic acids is 1. The van der Waals surface area contributed by atoms with E-state index in [9.17, 15) is 4.79 Å². The smallest absolute Gasteiger partial charge is 0.410 e. The largest absolute Gasteiger partial charge is 0.444 e. The fourth-order valence-electron chi connectivity index (χ4n) is 2.90. The maximum Gasteiger partial charge on any atom is 0.410 e. The molecule has 1 saturated heterocycles. The third-order valence-corrected chi connectivity index (χ3v) is 4.03. The minimum absolute atomic E-state index is 0.0649. The molecule has 0 saturated carbocycles. The van der Waals surface area contributed by atoms with Gasteiger partial charge < -0.3 is 14.4 Å². The fourth-order valence-corrected chi connectivity index (χ4v) is 2.90. The van der Waals surface area contributed by atoms with Gasteiger partial charge in [-0.05, 0) is 38.7 Å². The van der Waals surface area contributed by atoms with Crippen molar-refractivity contribution in [1.82, 2.24) is 4.90 Å². The Hall–Kier alpha value is -1.55. The highest BCUT2D eigenvalue weighted by molar-refractivity contribution is 5.69. The number of nitrogens with zero attached hydrogens (tertiary/aromatic N) is 1. The Labute approximate surface area is 139 Å². The van der Waals surface area contributed by atoms with Crippen molar-refractivity contribution in [2.75, 3.05) is 6.54 Å². The summed E-state index contributed by atoms with van der Waals surface area (Å²) in [4.78, 5) is 14.3. The van der Waals surface area contributed by atoms with Crippen LogP contribution in [0.15, 0.2) is 30.3 Å². The zero-order valence-electron chi connectivity index (χ0n) is 14.9. The molecule has 1 aromatic rings. The van der Waals surface area contributed by atoms with Crippen molar-refractivity contribution in [2.24, 2.45) is 5.92 Å². The first-order valence-electron chi connectivity index (χ1n) is 8.41. The van der Waals surface area contributed by atoms with E-state index < -0.39 is 5.60 Å². The summed E-state index contributed by atoms with van der Waals surface area (Å²) in [6, 6.07) is 10.3. The molecule has 2 unspecified atom stereocenters. The summed E-state index contributed by atoms with van der Waals surface area (Å²) < 4.78 is 11.6. The van der Waals surface area contributed by atoms with Crippen LogP contribution >= 0.6 is 0 Å². The van der Waals surface area contributed by atoms with Gasteiger partial charge in [0.2, 0.25) is 0 Å². The van der Waals surface area contributed by atoms with E-state index in [2.05, 4.69) is 26.0 Å². The molecule has 1 amide bonds. The Morgan fingerprint density at radius 3 is 2.48 bits per heavy atom. The van der Waals surface area contributed by atoms with E-state index in [-0.39, 0.29) is 18.2 Å². The lowest BCUT2D eigenvalue weighted by Crippen LogP contribution is -2.42. The van der Waals surface area contributed by atoms with Gasteiger partial charge in [-0.3, -0.25) is 0 Å². The monoisotopic (exact) mass is 319 g/mol. The van der Waals surface area contributed by atoms with Crippen LogP contribution in [0.25, 0.3) is 0 Å². The molecule has 128 valence electrons. The molecule has 1 aromatic carbocycles. The Balaban J connectivity index is 1.96. The van der Waals surface area contributed by atoms with Gasteiger partial charge in [0.15, 0.2) is 0 Å². The second-order valence-electron chi connectivity index (χ2n) is 7.60. The average molecular weight is 319 g/mol. The molecule has 1 aliphatic rings. The highest BCUT2D eigenvalue weighted by Gasteiger charge is 2.39. The highest BCUT2D eigenvalue weighted by atomic mass is 16.6. The molecule has 0 aliphatic carbocycles. The predicted octanol–water partition coefficient (Wildman–Crippen LogP) is 4.24. The summed E-state index contributed by atoms with van der Waals surface area (Å²) in [5.74, 6) is 0.382. The van der Waals surface area contributed by atoms with Crippen LogP contribution in [-0.2, 0) is 16.1 Å². The standard InChI is InChI=1S/C19H29NO3/c1-14(2)17-11-16(22-13-15-9-7-6-8-10-15)12-20(17)18(21)23-19(3,4)5/h6-10,14,16-17H,11-13H2,1-5H3. The molecule has 1 aliphatic heterocycles. The van der Waals surface area contributed by atoms with E-state index in [4.69, 9.17) is 9.47 Å². The molecular weight excluding hydrogens is 290 g/mol. The first-order chi connectivity index (χ1) is 10.8. The van der Waals surface area contributed by atoms with Gasteiger partial charge >= 0.3 is 6.09 Å². The van der Waals surface area contributed by atoms with Gasteiger partial charge in [0, 0.05) is 6.04 Å². The lowest BCUT2D eigenvalue weighted by Gasteiger charge is -2.30. The molecule has 0 bridgehead atoms. The Kier molecular flexibility index (Phi) is 5.69. The van der Waals surface area contributed by atoms with E-state index in [1.807, 2.05) is 43.9 Å². The van der Waals surface area contributed by atoms with Crippen molar-refractivity contribution in [3.63, 3.8) is 0 Å². The third kappa shape index (κ3) is 5.24. The van der Waals surface area contributed by atoms with Crippen LogP contribution in [-0.4, -0.2) is 35.3 Å². The van der Waals surface area contributed by atoms with E-state index in [0.29, 0.717) is 19.1 Å². The van der Waals surface area contributed by atoms with Crippen LogP contribution < -0.4 is 0 Å². The molecular formula is C19H29NO3. The molecule has 1 fully saturated rings. The summed E-state index contributed by atoms with van der Waals surface area (Å²) in [6.45, 7) is 11.2. The fraction of sp³-hybridized carbons (Fsp3) is 0.632. The molecule has 0 aromatic heterocycles. The SMILES string of the molecule is CC(C)C1CC(OCc2ccccc2)CN1C(=O)OC(C)(C)C. The zero-order chi connectivity index (χ0) is 17.0. The van der Waals surface area contributed by atoms with Crippen LogP contribution in [0.5, 0.6) is 0 Å². The first kappa shape index (κ1) is 17.8. The molecule has 23 heavy (non-hydrogen) atoms. The van der Waals surface area contributed by atoms with Crippen molar-refractivity contribution in [2.45, 2.75) is 65.4 Å². The number of hydrogen-bond donors (Lipinski definition) is 0. The minimum Gasteiger partial charge on any atom is -0.444 e. The number of likely N-dealkylation sites (tertiary alicyclic amines) is 1. The topological polar surface area (TPSA) is 38.8 Å². The van der Waals surface area contributed by atoms with Crippen molar-refractivity contribution in [3.05, 3.63) is 35.9 Å². The quantitative estimate of drug-likeness (QED) is 0.833. The number of ether oxygens (including phenoxy) is 2. The predicted molar refractivity (Wildman–Crippen MR) is 91.2 cm³/mol. The van der Waals surface area contributed by atoms with Gasteiger partial charge in [-0.15, -0.1) is 0 Å². The van der Waals surface area contributed by atoms with Gasteiger partial charge in [0.05, 0.1) is 19.3 Å². The second-order valence-corrected chi connectivity index (χ2v) is 7.60. The van der Waals surface area contributed by atoms with E-state index in [1.54, 1.807) is 0 Å². The van der Waals surface area contributed by atoms with Gasteiger partial charge in [-0.1, -0.05) is 44.2 Å². The van der Waals surface area contributed by atoms with Gasteiger partial charge in [-0.25, -0.2) is 4.79 Å². The maximum atomic E-state index is 12.4. The summed E-state index contributed by atoms with van der Waals surface area (Å²) in [6.07, 6.45) is 0.696. The number of amides is 1. The minimum atomic E-state index is -0.471. The second kappa shape index (κ2) is 7.35. The lowest BCUT2D eigenvalue weighted by atomic mass is 10.0. The molecule has 0 spiro atoms. The molecule has 1 heterocycles. The number of rotatable bonds is 4. The van der Waals surface area contributed by atoms with Crippen LogP contribution in [0, 0.1) is 5.92 Å². The number of carbonyl (C=O) groups is 1. The number of hydrogen-bond acceptors (Lipinski definition) is 3. The molecule has 2 rings (SSSR count). The van der Waals surface area contributed by atoms with E-state index in [1.165, 1.54) is 0 Å². The van der Waals surface area contributed by atoms with Crippen LogP contribution in [0.1, 0.15) is 46.6 Å². The van der Waals surface area contributed by atoms with Gasteiger partial charge in [-0.2, -0.15) is 0 Å². The first-order valence-corrected chi connectivity index (χ1v) is 8.41. The van der Waals surface area contributed by atoms with E-state index in [0.717, 1.165) is 12.0 Å². The third-order valence-electron chi connectivity index (χ3n) is 4.03. The zero-order valence-corrected chi connectivity index (χ0v) is 14.9. The molecule has 0 radical (unpaired) electrons. The molecule has 2 atom stereocenters. The summed E-state index contributed by atoms with van der Waals surface area (Å²) in [5.41, 5.74) is 0.686. The molecule has 0 N–H and O–H groups in total. The summed E-state index contributed by atoms with van der Waals surface area (Å²) in [7, 11) is 0. The molecule has 4 heteroatoms. The van der Waals surface area contributed by atoms with Crippen molar-refractivity contribution >= 4 is 6.09 Å².